The molecule has 3 aromatic carbocycles. The third-order valence-corrected chi connectivity index (χ3v) is 6.25. The molecule has 0 bridgehead atoms. The average molecular weight is 448 g/mol. The van der Waals surface area contributed by atoms with E-state index in [9.17, 15) is 14.0 Å². The van der Waals surface area contributed by atoms with Crippen LogP contribution in [0.25, 0.3) is 11.0 Å². The quantitative estimate of drug-likeness (QED) is 0.390. The molecular formula is C26H19ClFNO3. The minimum atomic E-state index is -0.663. The topological polar surface area (TPSA) is 50.5 Å². The summed E-state index contributed by atoms with van der Waals surface area (Å²) in [7, 11) is 0. The van der Waals surface area contributed by atoms with Crippen LogP contribution in [0.4, 0.5) is 4.39 Å². The van der Waals surface area contributed by atoms with Gasteiger partial charge in [0.2, 0.25) is 5.76 Å². The standard InChI is InChI=1S/C26H19ClFNO3/c1-14-10-20-21(11-15(14)2)32-25-22(24(20)30)23(17-4-3-5-18(27)12-17)29(26(25)31)13-16-6-8-19(28)9-7-16/h3-12,23H,13H2,1-2H3. The van der Waals surface area contributed by atoms with Crippen LogP contribution in [0.2, 0.25) is 5.02 Å². The van der Waals surface area contributed by atoms with Crippen molar-refractivity contribution in [1.82, 2.24) is 4.90 Å². The summed E-state index contributed by atoms with van der Waals surface area (Å²) in [6.45, 7) is 4.05. The van der Waals surface area contributed by atoms with E-state index in [0.717, 1.165) is 16.7 Å². The monoisotopic (exact) mass is 447 g/mol. The Labute approximate surface area is 188 Å². The summed E-state index contributed by atoms with van der Waals surface area (Å²) in [5.41, 5.74) is 3.85. The van der Waals surface area contributed by atoms with Gasteiger partial charge >= 0.3 is 0 Å². The zero-order valence-corrected chi connectivity index (χ0v) is 18.2. The number of aryl methyl sites for hydroxylation is 2. The summed E-state index contributed by atoms with van der Waals surface area (Å²) >= 11 is 6.24. The molecule has 32 heavy (non-hydrogen) atoms. The number of rotatable bonds is 3. The van der Waals surface area contributed by atoms with Gasteiger partial charge in [0.15, 0.2) is 5.43 Å². The fraction of sp³-hybridized carbons (Fsp3) is 0.154. The maximum Gasteiger partial charge on any atom is 0.291 e. The van der Waals surface area contributed by atoms with E-state index in [2.05, 4.69) is 0 Å². The van der Waals surface area contributed by atoms with Crippen molar-refractivity contribution in [3.05, 3.63) is 115 Å². The van der Waals surface area contributed by atoms with Crippen LogP contribution in [0.1, 0.15) is 44.4 Å². The predicted molar refractivity (Wildman–Crippen MR) is 122 cm³/mol. The van der Waals surface area contributed by atoms with Crippen LogP contribution in [-0.2, 0) is 6.54 Å². The summed E-state index contributed by atoms with van der Waals surface area (Å²) in [5.74, 6) is -0.700. The molecule has 5 rings (SSSR count). The summed E-state index contributed by atoms with van der Waals surface area (Å²) in [6, 6.07) is 16.0. The SMILES string of the molecule is Cc1cc2oc3c(c(=O)c2cc1C)C(c1cccc(Cl)c1)N(Cc1ccc(F)cc1)C3=O. The zero-order chi connectivity index (χ0) is 22.6. The van der Waals surface area contributed by atoms with Crippen molar-refractivity contribution in [3.63, 3.8) is 0 Å². The highest BCUT2D eigenvalue weighted by atomic mass is 35.5. The van der Waals surface area contributed by atoms with Crippen LogP contribution in [-0.4, -0.2) is 10.8 Å². The Morgan fingerprint density at radius 1 is 1.00 bits per heavy atom. The largest absolute Gasteiger partial charge is 0.450 e. The van der Waals surface area contributed by atoms with E-state index in [1.165, 1.54) is 12.1 Å². The molecule has 1 aliphatic heterocycles. The maximum absolute atomic E-state index is 13.6. The van der Waals surface area contributed by atoms with Gasteiger partial charge in [0.1, 0.15) is 11.4 Å². The Kier molecular flexibility index (Phi) is 4.86. The predicted octanol–water partition coefficient (Wildman–Crippen LogP) is 5.95. The van der Waals surface area contributed by atoms with Crippen molar-refractivity contribution in [3.8, 4) is 0 Å². The third-order valence-electron chi connectivity index (χ3n) is 6.01. The van der Waals surface area contributed by atoms with E-state index >= 15 is 0 Å². The van der Waals surface area contributed by atoms with Crippen LogP contribution in [0.3, 0.4) is 0 Å². The molecule has 0 spiro atoms. The van der Waals surface area contributed by atoms with Gasteiger partial charge in [0, 0.05) is 11.6 Å². The lowest BCUT2D eigenvalue weighted by atomic mass is 9.97. The van der Waals surface area contributed by atoms with E-state index < -0.39 is 6.04 Å². The zero-order valence-electron chi connectivity index (χ0n) is 17.5. The lowest BCUT2D eigenvalue weighted by Gasteiger charge is -2.25. The Bertz CT molecular complexity index is 1440. The molecule has 1 aliphatic rings. The Balaban J connectivity index is 1.74. The highest BCUT2D eigenvalue weighted by molar-refractivity contribution is 6.30. The fourth-order valence-electron chi connectivity index (χ4n) is 4.25. The van der Waals surface area contributed by atoms with Gasteiger partial charge in [-0.15, -0.1) is 0 Å². The number of hydrogen-bond donors (Lipinski definition) is 0. The maximum atomic E-state index is 13.6. The van der Waals surface area contributed by atoms with Crippen molar-refractivity contribution in [2.45, 2.75) is 26.4 Å². The molecule has 0 saturated heterocycles. The molecule has 160 valence electrons. The Morgan fingerprint density at radius 3 is 2.44 bits per heavy atom. The Morgan fingerprint density at radius 2 is 1.72 bits per heavy atom. The van der Waals surface area contributed by atoms with Gasteiger partial charge in [-0.05, 0) is 72.5 Å². The number of fused-ring (bicyclic) bond motifs is 2. The Hall–Kier alpha value is -3.44. The van der Waals surface area contributed by atoms with E-state index in [-0.39, 0.29) is 29.5 Å². The van der Waals surface area contributed by atoms with Gasteiger partial charge in [-0.3, -0.25) is 9.59 Å². The van der Waals surface area contributed by atoms with Crippen molar-refractivity contribution < 1.29 is 13.6 Å². The smallest absolute Gasteiger partial charge is 0.291 e. The van der Waals surface area contributed by atoms with Crippen LogP contribution in [0, 0.1) is 19.7 Å². The molecule has 1 unspecified atom stereocenters. The molecule has 0 saturated carbocycles. The van der Waals surface area contributed by atoms with Crippen molar-refractivity contribution in [2.24, 2.45) is 0 Å². The van der Waals surface area contributed by atoms with Crippen molar-refractivity contribution >= 4 is 28.5 Å². The van der Waals surface area contributed by atoms with Gasteiger partial charge < -0.3 is 9.32 Å². The highest BCUT2D eigenvalue weighted by Gasteiger charge is 2.42. The molecule has 6 heteroatoms. The van der Waals surface area contributed by atoms with Crippen LogP contribution < -0.4 is 5.43 Å². The second-order valence-corrected chi connectivity index (χ2v) is 8.56. The normalized spacial score (nSPS) is 15.4. The molecule has 4 aromatic rings. The van der Waals surface area contributed by atoms with E-state index in [1.54, 1.807) is 47.4 Å². The first kappa shape index (κ1) is 20.5. The second kappa shape index (κ2) is 7.61. The van der Waals surface area contributed by atoms with Gasteiger partial charge in [0.25, 0.3) is 5.91 Å². The summed E-state index contributed by atoms with van der Waals surface area (Å²) in [4.78, 5) is 28.7. The van der Waals surface area contributed by atoms with E-state index in [0.29, 0.717) is 27.1 Å². The van der Waals surface area contributed by atoms with Gasteiger partial charge in [-0.1, -0.05) is 35.9 Å². The number of amides is 1. The number of hydrogen-bond acceptors (Lipinski definition) is 3. The first-order valence-corrected chi connectivity index (χ1v) is 10.6. The second-order valence-electron chi connectivity index (χ2n) is 8.12. The van der Waals surface area contributed by atoms with Gasteiger partial charge in [-0.2, -0.15) is 0 Å². The van der Waals surface area contributed by atoms with Crippen molar-refractivity contribution in [1.29, 1.82) is 0 Å². The number of benzene rings is 3. The van der Waals surface area contributed by atoms with Crippen LogP contribution in [0.15, 0.2) is 69.9 Å². The molecule has 2 heterocycles. The molecular weight excluding hydrogens is 429 g/mol. The average Bonchev–Trinajstić information content (AvgIpc) is 3.03. The molecule has 0 fully saturated rings. The summed E-state index contributed by atoms with van der Waals surface area (Å²) < 4.78 is 19.4. The number of nitrogens with zero attached hydrogens (tertiary/aromatic N) is 1. The van der Waals surface area contributed by atoms with E-state index in [4.69, 9.17) is 16.0 Å². The molecule has 1 amide bonds. The fourth-order valence-corrected chi connectivity index (χ4v) is 4.45. The molecule has 1 atom stereocenters. The number of carbonyl (C=O) groups excluding carboxylic acids is 1. The minimum Gasteiger partial charge on any atom is -0.450 e. The van der Waals surface area contributed by atoms with Gasteiger partial charge in [0.05, 0.1) is 17.0 Å². The lowest BCUT2D eigenvalue weighted by molar-refractivity contribution is 0.0714. The first-order valence-electron chi connectivity index (χ1n) is 10.2. The van der Waals surface area contributed by atoms with Crippen molar-refractivity contribution in [2.75, 3.05) is 0 Å². The molecule has 0 N–H and O–H groups in total. The summed E-state index contributed by atoms with van der Waals surface area (Å²) in [6.07, 6.45) is 0. The summed E-state index contributed by atoms with van der Waals surface area (Å²) in [5, 5.41) is 0.942. The molecule has 0 aliphatic carbocycles. The highest BCUT2D eigenvalue weighted by Crippen LogP contribution is 2.40. The molecule has 4 nitrogen and oxygen atoms in total. The number of carbonyl (C=O) groups is 1. The van der Waals surface area contributed by atoms with Crippen LogP contribution >= 0.6 is 11.6 Å². The third kappa shape index (κ3) is 3.30. The van der Waals surface area contributed by atoms with Crippen LogP contribution in [0.5, 0.6) is 0 Å². The molecule has 1 aromatic heterocycles. The molecule has 0 radical (unpaired) electrons. The van der Waals surface area contributed by atoms with E-state index in [1.807, 2.05) is 19.9 Å². The lowest BCUT2D eigenvalue weighted by Crippen LogP contribution is -2.29. The first-order chi connectivity index (χ1) is 15.3. The van der Waals surface area contributed by atoms with Gasteiger partial charge in [-0.25, -0.2) is 4.39 Å². The number of halogens is 2. The minimum absolute atomic E-state index is 0.0397.